The molecule has 3 aromatic rings. The van der Waals surface area contributed by atoms with Crippen LogP contribution in [0.2, 0.25) is 0 Å². The number of halogens is 2. The largest absolute Gasteiger partial charge is 0.497 e. The van der Waals surface area contributed by atoms with Gasteiger partial charge in [-0.25, -0.2) is 18.7 Å². The van der Waals surface area contributed by atoms with E-state index in [4.69, 9.17) is 4.74 Å². The number of ether oxygens (including phenoxy) is 1. The summed E-state index contributed by atoms with van der Waals surface area (Å²) in [7, 11) is 1.60. The van der Waals surface area contributed by atoms with Gasteiger partial charge in [0, 0.05) is 24.5 Å². The number of carbonyl (C=O) groups is 1. The highest BCUT2D eigenvalue weighted by atomic mass is 19.2. The van der Waals surface area contributed by atoms with Gasteiger partial charge in [0.15, 0.2) is 11.6 Å². The second-order valence-electron chi connectivity index (χ2n) is 5.87. The molecule has 0 spiro atoms. The molecule has 0 saturated heterocycles. The minimum Gasteiger partial charge on any atom is -0.497 e. The van der Waals surface area contributed by atoms with Crippen LogP contribution < -0.4 is 15.4 Å². The van der Waals surface area contributed by atoms with Crippen molar-refractivity contribution in [3.8, 4) is 5.75 Å². The lowest BCUT2D eigenvalue weighted by atomic mass is 10.1. The maximum atomic E-state index is 13.3. The van der Waals surface area contributed by atoms with E-state index in [2.05, 4.69) is 20.6 Å². The molecule has 0 saturated carbocycles. The van der Waals surface area contributed by atoms with Crippen LogP contribution in [0.4, 0.5) is 20.4 Å². The van der Waals surface area contributed by atoms with Crippen molar-refractivity contribution < 1.29 is 18.3 Å². The monoisotopic (exact) mass is 384 g/mol. The van der Waals surface area contributed by atoms with Gasteiger partial charge in [-0.15, -0.1) is 0 Å². The lowest BCUT2D eigenvalue weighted by Gasteiger charge is -2.08. The Hall–Kier alpha value is -3.55. The number of hydrogen-bond acceptors (Lipinski definition) is 5. The van der Waals surface area contributed by atoms with Gasteiger partial charge in [-0.3, -0.25) is 4.79 Å². The Labute approximate surface area is 160 Å². The second kappa shape index (κ2) is 8.90. The van der Waals surface area contributed by atoms with E-state index in [0.717, 1.165) is 23.4 Å². The molecule has 0 unspecified atom stereocenters. The molecule has 1 amide bonds. The van der Waals surface area contributed by atoms with Crippen molar-refractivity contribution in [2.24, 2.45) is 0 Å². The van der Waals surface area contributed by atoms with Crippen molar-refractivity contribution >= 4 is 17.5 Å². The highest BCUT2D eigenvalue weighted by Crippen LogP contribution is 2.16. The molecule has 6 nitrogen and oxygen atoms in total. The number of anilines is 2. The quantitative estimate of drug-likeness (QED) is 0.652. The van der Waals surface area contributed by atoms with Crippen LogP contribution in [0.1, 0.15) is 16.1 Å². The van der Waals surface area contributed by atoms with Crippen molar-refractivity contribution in [2.45, 2.75) is 6.42 Å². The SMILES string of the molecule is COc1ccc(CCNC(=O)c2ccnc(Nc3ccc(F)c(F)c3)n2)cc1. The fourth-order valence-corrected chi connectivity index (χ4v) is 2.45. The van der Waals surface area contributed by atoms with Crippen LogP contribution in [0, 0.1) is 11.6 Å². The van der Waals surface area contributed by atoms with E-state index < -0.39 is 11.6 Å². The first-order valence-corrected chi connectivity index (χ1v) is 8.51. The van der Waals surface area contributed by atoms with E-state index in [0.29, 0.717) is 13.0 Å². The summed E-state index contributed by atoms with van der Waals surface area (Å²) < 4.78 is 31.4. The first-order chi connectivity index (χ1) is 13.5. The predicted octanol–water partition coefficient (Wildman–Crippen LogP) is 3.48. The topological polar surface area (TPSA) is 76.1 Å². The molecule has 0 radical (unpaired) electrons. The van der Waals surface area contributed by atoms with Crippen LogP contribution in [0.5, 0.6) is 5.75 Å². The summed E-state index contributed by atoms with van der Waals surface area (Å²) >= 11 is 0. The first kappa shape index (κ1) is 19.2. The highest BCUT2D eigenvalue weighted by molar-refractivity contribution is 5.92. The lowest BCUT2D eigenvalue weighted by Crippen LogP contribution is -2.26. The van der Waals surface area contributed by atoms with Gasteiger partial charge in [0.1, 0.15) is 11.4 Å². The maximum absolute atomic E-state index is 13.3. The normalized spacial score (nSPS) is 10.4. The first-order valence-electron chi connectivity index (χ1n) is 8.51. The Morgan fingerprint density at radius 2 is 1.86 bits per heavy atom. The molecule has 8 heteroatoms. The minimum absolute atomic E-state index is 0.105. The van der Waals surface area contributed by atoms with E-state index in [1.165, 1.54) is 18.3 Å². The Morgan fingerprint density at radius 3 is 2.57 bits per heavy atom. The van der Waals surface area contributed by atoms with Crippen molar-refractivity contribution in [3.05, 3.63) is 77.6 Å². The van der Waals surface area contributed by atoms with Gasteiger partial charge < -0.3 is 15.4 Å². The lowest BCUT2D eigenvalue weighted by molar-refractivity contribution is 0.0949. The molecule has 2 aromatic carbocycles. The predicted molar refractivity (Wildman–Crippen MR) is 101 cm³/mol. The molecule has 0 aliphatic carbocycles. The average molecular weight is 384 g/mol. The summed E-state index contributed by atoms with van der Waals surface area (Å²) in [6.07, 6.45) is 2.06. The number of carbonyl (C=O) groups excluding carboxylic acids is 1. The maximum Gasteiger partial charge on any atom is 0.270 e. The molecule has 0 aliphatic heterocycles. The average Bonchev–Trinajstić information content (AvgIpc) is 2.71. The number of nitrogens with zero attached hydrogens (tertiary/aromatic N) is 2. The third-order valence-corrected chi connectivity index (χ3v) is 3.92. The molecule has 144 valence electrons. The molecule has 3 rings (SSSR count). The Bertz CT molecular complexity index is 965. The summed E-state index contributed by atoms with van der Waals surface area (Å²) in [6, 6.07) is 12.4. The number of rotatable bonds is 7. The van der Waals surface area contributed by atoms with Crippen LogP contribution in [0.15, 0.2) is 54.7 Å². The molecule has 0 fully saturated rings. The summed E-state index contributed by atoms with van der Waals surface area (Å²) in [4.78, 5) is 20.4. The number of nitrogens with one attached hydrogen (secondary N) is 2. The standard InChI is InChI=1S/C20H18F2N4O2/c1-28-15-5-2-13(3-6-15)8-10-23-19(27)18-9-11-24-20(26-18)25-14-4-7-16(21)17(22)12-14/h2-7,9,11-12H,8,10H2,1H3,(H,23,27)(H,24,25,26). The number of methoxy groups -OCH3 is 1. The molecule has 0 bridgehead atoms. The van der Waals surface area contributed by atoms with Crippen LogP contribution in [0.3, 0.4) is 0 Å². The highest BCUT2D eigenvalue weighted by Gasteiger charge is 2.10. The molecule has 1 heterocycles. The van der Waals surface area contributed by atoms with Crippen LogP contribution in [-0.2, 0) is 6.42 Å². The summed E-state index contributed by atoms with van der Waals surface area (Å²) in [5, 5.41) is 5.53. The third kappa shape index (κ3) is 5.00. The van der Waals surface area contributed by atoms with E-state index in [-0.39, 0.29) is 23.2 Å². The Kier molecular flexibility index (Phi) is 6.11. The number of aromatic nitrogens is 2. The van der Waals surface area contributed by atoms with Gasteiger partial charge in [-0.05, 0) is 42.3 Å². The molecule has 28 heavy (non-hydrogen) atoms. The summed E-state index contributed by atoms with van der Waals surface area (Å²) in [6.45, 7) is 0.432. The number of amides is 1. The van der Waals surface area contributed by atoms with E-state index in [9.17, 15) is 13.6 Å². The zero-order valence-corrected chi connectivity index (χ0v) is 15.1. The van der Waals surface area contributed by atoms with Gasteiger partial charge in [0.05, 0.1) is 7.11 Å². The Balaban J connectivity index is 1.57. The summed E-state index contributed by atoms with van der Waals surface area (Å²) in [5.41, 5.74) is 1.50. The third-order valence-electron chi connectivity index (χ3n) is 3.92. The van der Waals surface area contributed by atoms with Gasteiger partial charge in [-0.1, -0.05) is 12.1 Å². The zero-order valence-electron chi connectivity index (χ0n) is 15.1. The fraction of sp³-hybridized carbons (Fsp3) is 0.150. The number of hydrogen-bond donors (Lipinski definition) is 2. The van der Waals surface area contributed by atoms with Crippen LogP contribution in [-0.4, -0.2) is 29.5 Å². The molecular formula is C20H18F2N4O2. The molecule has 1 aromatic heterocycles. The van der Waals surface area contributed by atoms with Gasteiger partial charge in [-0.2, -0.15) is 0 Å². The van der Waals surface area contributed by atoms with Gasteiger partial charge in [0.2, 0.25) is 5.95 Å². The smallest absolute Gasteiger partial charge is 0.270 e. The van der Waals surface area contributed by atoms with Gasteiger partial charge >= 0.3 is 0 Å². The second-order valence-corrected chi connectivity index (χ2v) is 5.87. The number of benzene rings is 2. The Morgan fingerprint density at radius 1 is 1.07 bits per heavy atom. The minimum atomic E-state index is -0.988. The van der Waals surface area contributed by atoms with Gasteiger partial charge in [0.25, 0.3) is 5.91 Å². The van der Waals surface area contributed by atoms with Crippen molar-refractivity contribution in [1.29, 1.82) is 0 Å². The van der Waals surface area contributed by atoms with E-state index in [1.807, 2.05) is 24.3 Å². The van der Waals surface area contributed by atoms with Crippen molar-refractivity contribution in [3.63, 3.8) is 0 Å². The molecular weight excluding hydrogens is 366 g/mol. The van der Waals surface area contributed by atoms with Crippen molar-refractivity contribution in [1.82, 2.24) is 15.3 Å². The van der Waals surface area contributed by atoms with Crippen LogP contribution in [0.25, 0.3) is 0 Å². The fourth-order valence-electron chi connectivity index (χ4n) is 2.45. The molecule has 2 N–H and O–H groups in total. The van der Waals surface area contributed by atoms with Crippen LogP contribution >= 0.6 is 0 Å². The summed E-state index contributed by atoms with van der Waals surface area (Å²) in [5.74, 6) is -1.42. The van der Waals surface area contributed by atoms with E-state index in [1.54, 1.807) is 7.11 Å². The van der Waals surface area contributed by atoms with E-state index >= 15 is 0 Å². The van der Waals surface area contributed by atoms with Crippen molar-refractivity contribution in [2.75, 3.05) is 19.0 Å². The zero-order chi connectivity index (χ0) is 19.9. The molecule has 0 atom stereocenters. The molecule has 0 aliphatic rings.